The van der Waals surface area contributed by atoms with Crippen molar-refractivity contribution < 1.29 is 9.53 Å². The number of ether oxygens (including phenoxy) is 1. The maximum atomic E-state index is 12.0. The molecule has 1 heterocycles. The lowest BCUT2D eigenvalue weighted by Gasteiger charge is -2.28. The van der Waals surface area contributed by atoms with Crippen molar-refractivity contribution in [2.24, 2.45) is 10.7 Å². The van der Waals surface area contributed by atoms with E-state index < -0.39 is 5.60 Å². The van der Waals surface area contributed by atoms with Crippen molar-refractivity contribution in [1.82, 2.24) is 15.2 Å². The zero-order valence-corrected chi connectivity index (χ0v) is 16.0. The van der Waals surface area contributed by atoms with Gasteiger partial charge in [-0.15, -0.1) is 0 Å². The van der Waals surface area contributed by atoms with Crippen LogP contribution in [0.1, 0.15) is 39.8 Å². The molecule has 7 nitrogen and oxygen atoms in total. The van der Waals surface area contributed by atoms with Crippen molar-refractivity contribution in [3.05, 3.63) is 30.1 Å². The van der Waals surface area contributed by atoms with Crippen molar-refractivity contribution >= 4 is 12.1 Å². The van der Waals surface area contributed by atoms with Crippen LogP contribution in [-0.2, 0) is 11.2 Å². The number of nitrogens with two attached hydrogens (primary N) is 1. The molecule has 1 atom stereocenters. The zero-order valence-electron chi connectivity index (χ0n) is 16.0. The SMILES string of the molecule is CC(CCN=C(N)NCCc1ccccn1)N(C)C(=O)OC(C)(C)C. The lowest BCUT2D eigenvalue weighted by molar-refractivity contribution is 0.0231. The maximum absolute atomic E-state index is 12.0. The van der Waals surface area contributed by atoms with Gasteiger partial charge in [0.25, 0.3) is 0 Å². The number of hydrogen-bond acceptors (Lipinski definition) is 4. The fourth-order valence-corrected chi connectivity index (χ4v) is 2.00. The Bertz CT molecular complexity index is 554. The van der Waals surface area contributed by atoms with Crippen molar-refractivity contribution in [2.45, 2.75) is 52.2 Å². The summed E-state index contributed by atoms with van der Waals surface area (Å²) >= 11 is 0. The molecule has 0 aliphatic heterocycles. The van der Waals surface area contributed by atoms with Crippen LogP contribution >= 0.6 is 0 Å². The van der Waals surface area contributed by atoms with Gasteiger partial charge in [0.2, 0.25) is 0 Å². The molecular weight excluding hydrogens is 318 g/mol. The second kappa shape index (κ2) is 9.86. The molecule has 0 aliphatic carbocycles. The summed E-state index contributed by atoms with van der Waals surface area (Å²) in [6.45, 7) is 8.74. The third-order valence-electron chi connectivity index (χ3n) is 3.59. The number of hydrogen-bond donors (Lipinski definition) is 2. The van der Waals surface area contributed by atoms with Gasteiger partial charge in [0.15, 0.2) is 5.96 Å². The van der Waals surface area contributed by atoms with Gasteiger partial charge < -0.3 is 20.7 Å². The summed E-state index contributed by atoms with van der Waals surface area (Å²) in [6, 6.07) is 5.84. The van der Waals surface area contributed by atoms with Crippen LogP contribution in [0.4, 0.5) is 4.79 Å². The number of nitrogens with one attached hydrogen (secondary N) is 1. The molecule has 0 aliphatic rings. The maximum Gasteiger partial charge on any atom is 0.410 e. The van der Waals surface area contributed by atoms with E-state index in [1.54, 1.807) is 18.1 Å². The van der Waals surface area contributed by atoms with Crippen molar-refractivity contribution in [2.75, 3.05) is 20.1 Å². The molecule has 0 saturated heterocycles. The lowest BCUT2D eigenvalue weighted by Crippen LogP contribution is -2.40. The standard InChI is InChI=1S/C18H31N5O2/c1-14(23(5)17(24)25-18(2,3)4)9-12-21-16(19)22-13-10-15-8-6-7-11-20-15/h6-8,11,14H,9-10,12-13H2,1-5H3,(H3,19,21,22). The van der Waals surface area contributed by atoms with E-state index in [1.807, 2.05) is 45.9 Å². The summed E-state index contributed by atoms with van der Waals surface area (Å²) in [5.74, 6) is 0.406. The molecular formula is C18H31N5O2. The van der Waals surface area contributed by atoms with Crippen LogP contribution in [-0.4, -0.2) is 53.7 Å². The second-order valence-corrected chi connectivity index (χ2v) is 6.99. The Morgan fingerprint density at radius 1 is 1.44 bits per heavy atom. The summed E-state index contributed by atoms with van der Waals surface area (Å²) < 4.78 is 5.35. The number of carbonyl (C=O) groups excluding carboxylic acids is 1. The van der Waals surface area contributed by atoms with Gasteiger partial charge in [0, 0.05) is 44.5 Å². The molecule has 25 heavy (non-hydrogen) atoms. The van der Waals surface area contributed by atoms with Gasteiger partial charge in [-0.25, -0.2) is 4.79 Å². The third kappa shape index (κ3) is 8.93. The van der Waals surface area contributed by atoms with E-state index in [1.165, 1.54) is 0 Å². The fraction of sp³-hybridized carbons (Fsp3) is 0.611. The van der Waals surface area contributed by atoms with Gasteiger partial charge in [-0.05, 0) is 46.2 Å². The summed E-state index contributed by atoms with van der Waals surface area (Å²) in [5, 5.41) is 3.07. The van der Waals surface area contributed by atoms with Gasteiger partial charge in [-0.3, -0.25) is 9.98 Å². The number of aromatic nitrogens is 1. The Morgan fingerprint density at radius 3 is 2.76 bits per heavy atom. The van der Waals surface area contributed by atoms with Crippen molar-refractivity contribution in [3.8, 4) is 0 Å². The molecule has 0 spiro atoms. The first-order valence-corrected chi connectivity index (χ1v) is 8.58. The lowest BCUT2D eigenvalue weighted by atomic mass is 10.2. The number of rotatable bonds is 7. The number of pyridine rings is 1. The molecule has 140 valence electrons. The van der Waals surface area contributed by atoms with Crippen LogP contribution in [0.15, 0.2) is 29.4 Å². The zero-order chi connectivity index (χ0) is 18.9. The Hall–Kier alpha value is -2.31. The molecule has 7 heteroatoms. The van der Waals surface area contributed by atoms with E-state index in [0.717, 1.165) is 12.1 Å². The molecule has 0 aromatic carbocycles. The molecule has 0 radical (unpaired) electrons. The van der Waals surface area contributed by atoms with Crippen LogP contribution in [0.25, 0.3) is 0 Å². The first kappa shape index (κ1) is 20.7. The highest BCUT2D eigenvalue weighted by molar-refractivity contribution is 5.77. The largest absolute Gasteiger partial charge is 0.444 e. The second-order valence-electron chi connectivity index (χ2n) is 6.99. The number of guanidine groups is 1. The van der Waals surface area contributed by atoms with Crippen LogP contribution in [0, 0.1) is 0 Å². The minimum absolute atomic E-state index is 0.0138. The predicted octanol–water partition coefficient (Wildman–Crippen LogP) is 2.17. The molecule has 1 aromatic rings. The monoisotopic (exact) mass is 349 g/mol. The average molecular weight is 349 g/mol. The molecule has 1 rings (SSSR count). The number of aliphatic imine (C=N–C) groups is 1. The van der Waals surface area contributed by atoms with Gasteiger partial charge in [0.1, 0.15) is 5.60 Å². The van der Waals surface area contributed by atoms with Gasteiger partial charge >= 0.3 is 6.09 Å². The van der Waals surface area contributed by atoms with E-state index in [9.17, 15) is 4.79 Å². The molecule has 1 unspecified atom stereocenters. The van der Waals surface area contributed by atoms with Crippen LogP contribution in [0.3, 0.4) is 0 Å². The number of amides is 1. The minimum atomic E-state index is -0.495. The highest BCUT2D eigenvalue weighted by Crippen LogP contribution is 2.11. The summed E-state index contributed by atoms with van der Waals surface area (Å²) in [5.41, 5.74) is 6.37. The average Bonchev–Trinajstić information content (AvgIpc) is 2.53. The van der Waals surface area contributed by atoms with Crippen LogP contribution in [0.2, 0.25) is 0 Å². The molecule has 3 N–H and O–H groups in total. The predicted molar refractivity (Wildman–Crippen MR) is 101 cm³/mol. The first-order chi connectivity index (χ1) is 11.7. The molecule has 0 fully saturated rings. The van der Waals surface area contributed by atoms with Crippen LogP contribution < -0.4 is 11.1 Å². The van der Waals surface area contributed by atoms with Gasteiger partial charge in [-0.1, -0.05) is 6.07 Å². The minimum Gasteiger partial charge on any atom is -0.444 e. The third-order valence-corrected chi connectivity index (χ3v) is 3.59. The van der Waals surface area contributed by atoms with Gasteiger partial charge in [-0.2, -0.15) is 0 Å². The normalized spacial score (nSPS) is 13.2. The van der Waals surface area contributed by atoms with E-state index in [4.69, 9.17) is 10.5 Å². The Morgan fingerprint density at radius 2 is 2.16 bits per heavy atom. The highest BCUT2D eigenvalue weighted by Gasteiger charge is 2.22. The molecule has 0 saturated carbocycles. The summed E-state index contributed by atoms with van der Waals surface area (Å²) in [4.78, 5) is 22.1. The highest BCUT2D eigenvalue weighted by atomic mass is 16.6. The quantitative estimate of drug-likeness (QED) is 0.581. The Labute approximate surface area is 150 Å². The fourth-order valence-electron chi connectivity index (χ4n) is 2.00. The number of carbonyl (C=O) groups is 1. The summed E-state index contributed by atoms with van der Waals surface area (Å²) in [7, 11) is 1.73. The molecule has 0 bridgehead atoms. The van der Waals surface area contributed by atoms with E-state index >= 15 is 0 Å². The van der Waals surface area contributed by atoms with Crippen molar-refractivity contribution in [3.63, 3.8) is 0 Å². The van der Waals surface area contributed by atoms with Gasteiger partial charge in [0.05, 0.1) is 0 Å². The van der Waals surface area contributed by atoms with E-state index in [2.05, 4.69) is 15.3 Å². The molecule has 1 amide bonds. The van der Waals surface area contributed by atoms with E-state index in [0.29, 0.717) is 25.5 Å². The van der Waals surface area contributed by atoms with Crippen LogP contribution in [0.5, 0.6) is 0 Å². The Kier molecular flexibility index (Phi) is 8.18. The first-order valence-electron chi connectivity index (χ1n) is 8.58. The summed E-state index contributed by atoms with van der Waals surface area (Å²) in [6.07, 6.45) is 2.94. The smallest absolute Gasteiger partial charge is 0.410 e. The number of nitrogens with zero attached hydrogens (tertiary/aromatic N) is 3. The molecule has 1 aromatic heterocycles. The Balaban J connectivity index is 2.29. The topological polar surface area (TPSA) is 92.8 Å². The van der Waals surface area contributed by atoms with Crippen molar-refractivity contribution in [1.29, 1.82) is 0 Å². The van der Waals surface area contributed by atoms with E-state index in [-0.39, 0.29) is 12.1 Å².